The molecule has 6 aromatic rings. The van der Waals surface area contributed by atoms with Crippen molar-refractivity contribution in [2.75, 3.05) is 95.0 Å². The second-order valence-corrected chi connectivity index (χ2v) is 22.1. The number of nitrogens with two attached hydrogens (primary N) is 2. The summed E-state index contributed by atoms with van der Waals surface area (Å²) >= 11 is 0. The number of hydrogen-bond donors (Lipinski definition) is 8. The van der Waals surface area contributed by atoms with E-state index in [2.05, 4.69) is 55.6 Å². The van der Waals surface area contributed by atoms with Crippen LogP contribution >= 0.6 is 0 Å². The minimum Gasteiger partial charge on any atom is -0.445 e. The van der Waals surface area contributed by atoms with Crippen LogP contribution in [0.5, 0.6) is 0 Å². The Kier molecular flexibility index (Phi) is 28.8. The molecule has 25 nitrogen and oxygen atoms in total. The molecule has 0 radical (unpaired) electrons. The maximum atomic E-state index is 13.7. The van der Waals surface area contributed by atoms with Crippen molar-refractivity contribution in [2.45, 2.75) is 110 Å². The van der Waals surface area contributed by atoms with Crippen LogP contribution < -0.4 is 53.1 Å². The average molecular weight is 1270 g/mol. The fourth-order valence-electron chi connectivity index (χ4n) is 9.81. The van der Waals surface area contributed by atoms with Gasteiger partial charge in [-0.25, -0.2) is 19.6 Å². The first-order chi connectivity index (χ1) is 44.7. The number of unbranched alkanes of at least 4 members (excludes halogenated alkanes) is 2. The van der Waals surface area contributed by atoms with E-state index in [4.69, 9.17) is 45.0 Å². The average Bonchev–Trinajstić information content (AvgIpc) is 1.61. The topological polar surface area (TPSA) is 333 Å². The van der Waals surface area contributed by atoms with E-state index in [-0.39, 0.29) is 89.5 Å². The fraction of sp³-hybridized carbons (Fsp3) is 0.448. The molecule has 10 N–H and O–H groups in total. The number of ether oxygens (including phenoxy) is 5. The molecular weight excluding hydrogens is 1180 g/mol. The number of primary amides is 1. The quantitative estimate of drug-likeness (QED) is 0.0163. The number of para-hydroxylation sites is 2. The lowest BCUT2D eigenvalue weighted by atomic mass is 10.0. The van der Waals surface area contributed by atoms with Gasteiger partial charge in [-0.2, -0.15) is 4.73 Å². The molecule has 0 bridgehead atoms. The van der Waals surface area contributed by atoms with E-state index >= 15 is 0 Å². The van der Waals surface area contributed by atoms with Gasteiger partial charge in [0.1, 0.15) is 42.2 Å². The fourth-order valence-corrected chi connectivity index (χ4v) is 9.81. The normalized spacial score (nSPS) is 12.3. The van der Waals surface area contributed by atoms with E-state index in [1.807, 2.05) is 72.8 Å². The monoisotopic (exact) mass is 1270 g/mol. The standard InChI is InChI=1S/C67H86N12O13/c1-4-5-22-56-76-61-62(52-18-9-10-19-53(52)74-63(61)68)79(56)92-35-13-12-32-72-67(86)91-45-47-23-27-51(28-24-47)73-64(83)54(20-14-33-71-66(69)85)75-65(84)60(46(2)3)77-58(81)31-36-87-38-40-89-42-43-90-41-39-88-37-34-70-57(80)29-30-59(82)78-44-50-17-7-6-15-48(50)25-26-49-16-8-11-21-55(49)78/h6-11,15-19,21,23-24,27-28,46,54,60H,4-5,12-14,20,22,29-45H2,1-3H3,(H2,68,74)(H,70,80)(H,72,86)(H,73,83)(H,75,84)(H,77,81)(H3,69,71,85)/t54-,60-/m0/s1. The van der Waals surface area contributed by atoms with Crippen LogP contribution in [0.15, 0.2) is 97.1 Å². The maximum absolute atomic E-state index is 13.7. The van der Waals surface area contributed by atoms with Gasteiger partial charge in [-0.1, -0.05) is 99.7 Å². The number of nitrogen functional groups attached to an aromatic ring is 1. The highest BCUT2D eigenvalue weighted by atomic mass is 16.7. The van der Waals surface area contributed by atoms with Crippen LogP contribution in [0, 0.1) is 17.8 Å². The lowest BCUT2D eigenvalue weighted by molar-refractivity contribution is -0.132. The second-order valence-electron chi connectivity index (χ2n) is 22.1. The highest BCUT2D eigenvalue weighted by molar-refractivity contribution is 6.06. The van der Waals surface area contributed by atoms with Crippen molar-refractivity contribution < 1.29 is 62.1 Å². The van der Waals surface area contributed by atoms with Gasteiger partial charge in [0.25, 0.3) is 0 Å². The Hall–Kier alpha value is -9.35. The highest BCUT2D eigenvalue weighted by Crippen LogP contribution is 2.30. The molecule has 0 aliphatic carbocycles. The number of alkyl carbamates (subject to hydrolysis) is 1. The number of anilines is 3. The molecule has 7 rings (SSSR count). The molecule has 0 saturated heterocycles. The summed E-state index contributed by atoms with van der Waals surface area (Å²) in [4.78, 5) is 108. The predicted octanol–water partition coefficient (Wildman–Crippen LogP) is 5.96. The Morgan fingerprint density at radius 2 is 1.32 bits per heavy atom. The van der Waals surface area contributed by atoms with Crippen LogP contribution in [0.1, 0.15) is 107 Å². The van der Waals surface area contributed by atoms with Gasteiger partial charge in [0, 0.05) is 67.5 Å². The lowest BCUT2D eigenvalue weighted by Crippen LogP contribution is -2.54. The number of hydrogen-bond acceptors (Lipinski definition) is 16. The van der Waals surface area contributed by atoms with Gasteiger partial charge >= 0.3 is 12.1 Å². The number of carbonyl (C=O) groups is 7. The van der Waals surface area contributed by atoms with E-state index < -0.39 is 41.9 Å². The molecule has 92 heavy (non-hydrogen) atoms. The Morgan fingerprint density at radius 3 is 2.05 bits per heavy atom. The van der Waals surface area contributed by atoms with Gasteiger partial charge in [0.2, 0.25) is 29.5 Å². The molecule has 1 aliphatic heterocycles. The third kappa shape index (κ3) is 22.5. The number of nitrogens with one attached hydrogen (secondary N) is 6. The number of urea groups is 1. The molecule has 4 aromatic carbocycles. The highest BCUT2D eigenvalue weighted by Gasteiger charge is 2.29. The van der Waals surface area contributed by atoms with E-state index in [9.17, 15) is 33.6 Å². The summed E-state index contributed by atoms with van der Waals surface area (Å²) in [5, 5.41) is 17.3. The number of amides is 8. The van der Waals surface area contributed by atoms with Crippen molar-refractivity contribution in [3.8, 4) is 11.8 Å². The summed E-state index contributed by atoms with van der Waals surface area (Å²) in [7, 11) is 0. The van der Waals surface area contributed by atoms with E-state index in [0.717, 1.165) is 63.9 Å². The number of benzene rings is 4. The summed E-state index contributed by atoms with van der Waals surface area (Å²) in [6.07, 6.45) is 3.81. The molecule has 0 saturated carbocycles. The predicted molar refractivity (Wildman–Crippen MR) is 348 cm³/mol. The molecule has 1 aliphatic rings. The van der Waals surface area contributed by atoms with Crippen LogP contribution in [0.25, 0.3) is 21.9 Å². The molecule has 25 heteroatoms. The number of aryl methyl sites for hydroxylation is 1. The summed E-state index contributed by atoms with van der Waals surface area (Å²) in [6, 6.07) is 26.9. The minimum absolute atomic E-state index is 0.0279. The molecule has 0 unspecified atom stereocenters. The van der Waals surface area contributed by atoms with Crippen LogP contribution in [0.4, 0.5) is 26.8 Å². The second kappa shape index (κ2) is 37.7. The third-order valence-electron chi connectivity index (χ3n) is 14.7. The molecule has 2 aromatic heterocycles. The zero-order chi connectivity index (χ0) is 65.5. The van der Waals surface area contributed by atoms with Crippen molar-refractivity contribution in [2.24, 2.45) is 11.7 Å². The molecule has 492 valence electrons. The van der Waals surface area contributed by atoms with Crippen LogP contribution in [0.2, 0.25) is 0 Å². The van der Waals surface area contributed by atoms with E-state index in [0.29, 0.717) is 88.0 Å². The number of imidazole rings is 1. The van der Waals surface area contributed by atoms with Crippen LogP contribution in [0.3, 0.4) is 0 Å². The molecular formula is C67H86N12O13. The van der Waals surface area contributed by atoms with Crippen molar-refractivity contribution in [1.29, 1.82) is 0 Å². The van der Waals surface area contributed by atoms with Gasteiger partial charge in [-0.05, 0) is 85.5 Å². The summed E-state index contributed by atoms with van der Waals surface area (Å²) in [5.41, 5.74) is 18.1. The molecule has 0 spiro atoms. The zero-order valence-electron chi connectivity index (χ0n) is 52.7. The molecule has 2 atom stereocenters. The smallest absolute Gasteiger partial charge is 0.407 e. The Balaban J connectivity index is 0.718. The Labute approximate surface area is 536 Å². The first kappa shape index (κ1) is 70.1. The van der Waals surface area contributed by atoms with Gasteiger partial charge in [0.05, 0.1) is 70.6 Å². The van der Waals surface area contributed by atoms with Crippen LogP contribution in [-0.2, 0) is 67.2 Å². The van der Waals surface area contributed by atoms with Gasteiger partial charge < -0.3 is 76.8 Å². The van der Waals surface area contributed by atoms with Crippen molar-refractivity contribution in [3.05, 3.63) is 125 Å². The number of nitrogens with zero attached hydrogens (tertiary/aromatic N) is 4. The number of carbonyl (C=O) groups excluding carboxylic acids is 7. The Morgan fingerprint density at radius 1 is 0.641 bits per heavy atom. The molecule has 0 fully saturated rings. The lowest BCUT2D eigenvalue weighted by Gasteiger charge is -2.26. The Bertz CT molecular complexity index is 3480. The largest absolute Gasteiger partial charge is 0.445 e. The summed E-state index contributed by atoms with van der Waals surface area (Å²) in [6.45, 7) is 9.23. The number of rotatable bonds is 39. The molecule has 8 amide bonds. The van der Waals surface area contributed by atoms with E-state index in [1.165, 1.54) is 0 Å². The van der Waals surface area contributed by atoms with Gasteiger partial charge in [-0.15, -0.1) is 0 Å². The van der Waals surface area contributed by atoms with Crippen molar-refractivity contribution in [3.63, 3.8) is 0 Å². The number of fused-ring (bicyclic) bond motifs is 5. The van der Waals surface area contributed by atoms with Crippen LogP contribution in [-0.4, -0.2) is 148 Å². The van der Waals surface area contributed by atoms with Gasteiger partial charge in [0.15, 0.2) is 5.82 Å². The molecule has 3 heterocycles. The first-order valence-corrected chi connectivity index (χ1v) is 31.4. The summed E-state index contributed by atoms with van der Waals surface area (Å²) < 4.78 is 29.5. The van der Waals surface area contributed by atoms with Gasteiger partial charge in [-0.3, -0.25) is 24.0 Å². The zero-order valence-corrected chi connectivity index (χ0v) is 52.7. The minimum atomic E-state index is -1.05. The van der Waals surface area contributed by atoms with Crippen molar-refractivity contribution >= 4 is 80.8 Å². The SMILES string of the molecule is CCCCc1nc2c(N)nc3ccccc3c2n1OCCCCNC(=O)OCc1ccc(NC(=O)[C@H](CCCNC(N)=O)NC(=O)[C@@H](NC(=O)CCOCCOCCOCCOCCNC(=O)CCC(=O)N2Cc3ccccc3C#Cc3ccccc32)C(C)C)cc1. The van der Waals surface area contributed by atoms with E-state index in [1.54, 1.807) is 47.7 Å². The first-order valence-electron chi connectivity index (χ1n) is 31.4. The maximum Gasteiger partial charge on any atom is 0.407 e. The summed E-state index contributed by atoms with van der Waals surface area (Å²) in [5.74, 6) is 5.22. The third-order valence-corrected chi connectivity index (χ3v) is 14.7. The number of aromatic nitrogens is 3. The number of pyridine rings is 1. The van der Waals surface area contributed by atoms with Crippen molar-refractivity contribution in [1.82, 2.24) is 41.3 Å².